The van der Waals surface area contributed by atoms with Gasteiger partial charge < -0.3 is 24.4 Å². The number of hydrogen-bond acceptors (Lipinski definition) is 13. The molecule has 4 aliphatic carbocycles. The van der Waals surface area contributed by atoms with E-state index < -0.39 is 62.4 Å². The Labute approximate surface area is 332 Å². The average Bonchev–Trinajstić information content (AvgIpc) is 4.02. The molecule has 2 amide bonds. The second kappa shape index (κ2) is 13.9. The predicted octanol–water partition coefficient (Wildman–Crippen LogP) is 1.88. The van der Waals surface area contributed by atoms with Gasteiger partial charge in [0, 0.05) is 63.4 Å². The number of carbonyl (C=O) groups excluding carboxylic acids is 4. The van der Waals surface area contributed by atoms with E-state index >= 15 is 0 Å². The molecule has 0 atom stereocenters. The van der Waals surface area contributed by atoms with Gasteiger partial charge in [0.1, 0.15) is 11.4 Å². The zero-order chi connectivity index (χ0) is 40.8. The highest BCUT2D eigenvalue weighted by molar-refractivity contribution is 7.95. The van der Waals surface area contributed by atoms with Gasteiger partial charge in [0.05, 0.1) is 32.2 Å². The Morgan fingerprint density at radius 2 is 1.11 bits per heavy atom. The summed E-state index contributed by atoms with van der Waals surface area (Å²) in [6.45, 7) is 5.93. The van der Waals surface area contributed by atoms with Gasteiger partial charge in [-0.3, -0.25) is 19.0 Å². The van der Waals surface area contributed by atoms with Crippen LogP contribution in [0.4, 0.5) is 0 Å². The number of aliphatic hydroxyl groups is 1. The summed E-state index contributed by atoms with van der Waals surface area (Å²) in [5.74, 6) is -2.24. The molecule has 2 aliphatic heterocycles. The fourth-order valence-corrected chi connectivity index (χ4v) is 14.0. The number of aryl methyl sites for hydroxylation is 2. The third-order valence-corrected chi connectivity index (χ3v) is 20.0. The number of amides is 2. The van der Waals surface area contributed by atoms with Crippen molar-refractivity contribution in [3.05, 3.63) is 33.9 Å². The topological polar surface area (TPSA) is 217 Å². The fourth-order valence-electron chi connectivity index (χ4n) is 8.70. The Balaban J connectivity index is 0.955. The molecule has 0 radical (unpaired) electrons. The molecule has 312 valence electrons. The molecule has 2 aromatic heterocycles. The fraction of sp³-hybridized carbons (Fsp3) is 0.737. The zero-order valence-electron chi connectivity index (χ0n) is 32.9. The molecule has 1 N–H and O–H groups in total. The Kier molecular flexibility index (Phi) is 9.73. The van der Waals surface area contributed by atoms with Gasteiger partial charge in [0.15, 0.2) is 31.1 Å². The Morgan fingerprint density at radius 1 is 0.684 bits per heavy atom. The molecule has 8 rings (SSSR count). The second-order valence-corrected chi connectivity index (χ2v) is 23.0. The molecule has 0 aromatic carbocycles. The van der Waals surface area contributed by atoms with Crippen LogP contribution >= 0.6 is 0 Å². The van der Waals surface area contributed by atoms with Crippen LogP contribution in [0.1, 0.15) is 138 Å². The molecule has 4 saturated carbocycles. The predicted molar refractivity (Wildman–Crippen MR) is 203 cm³/mol. The van der Waals surface area contributed by atoms with Crippen molar-refractivity contribution in [2.24, 2.45) is 0 Å². The van der Waals surface area contributed by atoms with Crippen molar-refractivity contribution in [1.29, 1.82) is 0 Å². The summed E-state index contributed by atoms with van der Waals surface area (Å²) in [6.07, 6.45) is 5.54. The van der Waals surface area contributed by atoms with E-state index in [0.717, 1.165) is 0 Å². The standard InChI is InChI=1S/C38H52N6O11S2/c1-4-54-33(48)27-25-7-19-42(24-38(15-16-38)57(52,53)36(3)11-12-36)32(47)30(25)44(39-27)18-6-22-55-34(49)28-26-8-20-41(31(46)29(26)43(40-28)17-5-21-45)23-37(13-14-37)56(50,51)35(2)9-10-35/h45H,4-24H2,1-3H3. The number of hydrogen-bond donors (Lipinski definition) is 1. The maximum absolute atomic E-state index is 14.0. The smallest absolute Gasteiger partial charge is 0.359 e. The summed E-state index contributed by atoms with van der Waals surface area (Å²) in [6, 6.07) is 0. The Bertz CT molecular complexity index is 2250. The average molecular weight is 833 g/mol. The number of carbonyl (C=O) groups is 4. The van der Waals surface area contributed by atoms with E-state index in [4.69, 9.17) is 9.47 Å². The first kappa shape index (κ1) is 40.0. The van der Waals surface area contributed by atoms with Gasteiger partial charge in [-0.05, 0) is 91.4 Å². The lowest BCUT2D eigenvalue weighted by atomic mass is 10.0. The summed E-state index contributed by atoms with van der Waals surface area (Å²) in [7, 11) is -6.90. The van der Waals surface area contributed by atoms with Crippen LogP contribution in [0.2, 0.25) is 0 Å². The van der Waals surface area contributed by atoms with Crippen molar-refractivity contribution in [2.75, 3.05) is 46.0 Å². The van der Waals surface area contributed by atoms with Crippen molar-refractivity contribution in [3.8, 4) is 0 Å². The first-order valence-corrected chi connectivity index (χ1v) is 23.2. The van der Waals surface area contributed by atoms with Crippen LogP contribution in [0.15, 0.2) is 0 Å². The number of nitrogens with zero attached hydrogens (tertiary/aromatic N) is 6. The van der Waals surface area contributed by atoms with Crippen molar-refractivity contribution >= 4 is 43.4 Å². The Hall–Kier alpha value is -3.84. The highest BCUT2D eigenvalue weighted by Crippen LogP contribution is 2.57. The molecule has 6 aliphatic rings. The van der Waals surface area contributed by atoms with E-state index in [1.807, 2.05) is 0 Å². The summed E-state index contributed by atoms with van der Waals surface area (Å²) in [5.41, 5.74) is 1.25. The maximum atomic E-state index is 14.0. The number of fused-ring (bicyclic) bond motifs is 2. The minimum atomic E-state index is -3.46. The van der Waals surface area contributed by atoms with Crippen LogP contribution in [0.5, 0.6) is 0 Å². The van der Waals surface area contributed by atoms with Gasteiger partial charge in [-0.15, -0.1) is 0 Å². The van der Waals surface area contributed by atoms with Gasteiger partial charge in [0.2, 0.25) is 0 Å². The molecule has 17 nitrogen and oxygen atoms in total. The van der Waals surface area contributed by atoms with Crippen LogP contribution in [-0.4, -0.2) is 140 Å². The SMILES string of the molecule is CCOC(=O)c1nn(CCCOC(=O)c2nn(CCCO)c3c2CCN(CC2(S(=O)(=O)C4(C)CC4)CC2)C3=O)c2c1CCN(CC1(S(=O)(=O)C3(C)CC3)CC1)C2=O. The van der Waals surface area contributed by atoms with Gasteiger partial charge in [0.25, 0.3) is 11.8 Å². The van der Waals surface area contributed by atoms with E-state index in [0.29, 0.717) is 68.9 Å². The normalized spacial score (nSPS) is 22.1. The van der Waals surface area contributed by atoms with Crippen LogP contribution in [-0.2, 0) is 55.1 Å². The Morgan fingerprint density at radius 3 is 1.49 bits per heavy atom. The minimum Gasteiger partial charge on any atom is -0.461 e. The van der Waals surface area contributed by atoms with Gasteiger partial charge >= 0.3 is 11.9 Å². The first-order valence-electron chi connectivity index (χ1n) is 20.2. The molecule has 0 saturated heterocycles. The highest BCUT2D eigenvalue weighted by atomic mass is 32.2. The highest BCUT2D eigenvalue weighted by Gasteiger charge is 2.67. The summed E-state index contributed by atoms with van der Waals surface area (Å²) >= 11 is 0. The van der Waals surface area contributed by atoms with Gasteiger partial charge in [-0.2, -0.15) is 10.2 Å². The van der Waals surface area contributed by atoms with E-state index in [1.165, 1.54) is 9.36 Å². The van der Waals surface area contributed by atoms with Crippen LogP contribution < -0.4 is 0 Å². The molecule has 4 fully saturated rings. The monoisotopic (exact) mass is 832 g/mol. The van der Waals surface area contributed by atoms with Crippen LogP contribution in [0, 0.1) is 0 Å². The van der Waals surface area contributed by atoms with Crippen molar-refractivity contribution < 1.29 is 50.6 Å². The number of ether oxygens (including phenoxy) is 2. The van der Waals surface area contributed by atoms with E-state index in [2.05, 4.69) is 10.2 Å². The molecule has 0 spiro atoms. The minimum absolute atomic E-state index is 0.0221. The molecule has 2 aromatic rings. The zero-order valence-corrected chi connectivity index (χ0v) is 34.5. The van der Waals surface area contributed by atoms with Crippen molar-refractivity contribution in [2.45, 2.75) is 130 Å². The maximum Gasteiger partial charge on any atom is 0.359 e. The summed E-state index contributed by atoms with van der Waals surface area (Å²) < 4.78 is 64.4. The largest absolute Gasteiger partial charge is 0.461 e. The summed E-state index contributed by atoms with van der Waals surface area (Å²) in [4.78, 5) is 57.5. The number of aliphatic hydroxyl groups excluding tert-OH is 1. The molecular formula is C38H52N6O11S2. The van der Waals surface area contributed by atoms with E-state index in [-0.39, 0.29) is 101 Å². The van der Waals surface area contributed by atoms with Crippen molar-refractivity contribution in [1.82, 2.24) is 29.4 Å². The number of sulfone groups is 2. The third-order valence-electron chi connectivity index (χ3n) is 13.2. The lowest BCUT2D eigenvalue weighted by Gasteiger charge is -2.32. The third kappa shape index (κ3) is 6.49. The quantitative estimate of drug-likeness (QED) is 0.168. The van der Waals surface area contributed by atoms with Crippen LogP contribution in [0.3, 0.4) is 0 Å². The molecule has 0 bridgehead atoms. The lowest BCUT2D eigenvalue weighted by Crippen LogP contribution is -2.48. The molecular weight excluding hydrogens is 781 g/mol. The first-order chi connectivity index (χ1) is 27.0. The van der Waals surface area contributed by atoms with Gasteiger partial charge in [-0.25, -0.2) is 26.4 Å². The van der Waals surface area contributed by atoms with Crippen LogP contribution in [0.25, 0.3) is 0 Å². The molecule has 4 heterocycles. The molecule has 57 heavy (non-hydrogen) atoms. The van der Waals surface area contributed by atoms with E-state index in [1.54, 1.807) is 30.6 Å². The lowest BCUT2D eigenvalue weighted by molar-refractivity contribution is 0.0482. The molecule has 0 unspecified atom stereocenters. The second-order valence-electron chi connectivity index (χ2n) is 17.3. The van der Waals surface area contributed by atoms with Crippen molar-refractivity contribution in [3.63, 3.8) is 0 Å². The molecule has 19 heteroatoms. The number of esters is 2. The van der Waals surface area contributed by atoms with Gasteiger partial charge in [-0.1, -0.05) is 0 Å². The van der Waals surface area contributed by atoms with E-state index in [9.17, 15) is 41.1 Å². The summed E-state index contributed by atoms with van der Waals surface area (Å²) in [5, 5.41) is 18.5. The number of rotatable bonds is 18. The number of aromatic nitrogens is 4.